The molecule has 0 N–H and O–H groups in total. The fourth-order valence-corrected chi connectivity index (χ4v) is 5.12. The highest BCUT2D eigenvalue weighted by Gasteiger charge is 2.35. The number of fused-ring (bicyclic) bond motifs is 1. The minimum absolute atomic E-state index is 0.0673. The smallest absolute Gasteiger partial charge is 0.227 e. The van der Waals surface area contributed by atoms with Gasteiger partial charge < -0.3 is 9.47 Å². The van der Waals surface area contributed by atoms with Gasteiger partial charge in [-0.2, -0.15) is 0 Å². The fourth-order valence-electron chi connectivity index (χ4n) is 5.12. The van der Waals surface area contributed by atoms with Crippen LogP contribution in [0, 0.1) is 34.6 Å². The minimum atomic E-state index is 0.0673. The van der Waals surface area contributed by atoms with E-state index in [0.29, 0.717) is 13.0 Å². The van der Waals surface area contributed by atoms with Crippen LogP contribution in [0.5, 0.6) is 0 Å². The van der Waals surface area contributed by atoms with E-state index in [1.165, 1.54) is 33.4 Å². The van der Waals surface area contributed by atoms with Gasteiger partial charge in [-0.05, 0) is 86.7 Å². The second-order valence-corrected chi connectivity index (χ2v) is 9.52. The first-order chi connectivity index (χ1) is 15.8. The van der Waals surface area contributed by atoms with Gasteiger partial charge in [0.05, 0.1) is 11.0 Å². The Balaban J connectivity index is 1.57. The molecule has 1 aliphatic heterocycles. The Morgan fingerprint density at radius 1 is 0.909 bits per heavy atom. The summed E-state index contributed by atoms with van der Waals surface area (Å²) in [6.45, 7) is 12.3. The summed E-state index contributed by atoms with van der Waals surface area (Å²) in [4.78, 5) is 20.0. The molecule has 4 aromatic rings. The number of imidazole rings is 1. The Hall–Kier alpha value is -3.40. The Kier molecular flexibility index (Phi) is 5.32. The second-order valence-electron chi connectivity index (χ2n) is 9.52. The number of aromatic nitrogens is 2. The number of para-hydroxylation sites is 2. The average molecular weight is 438 g/mol. The van der Waals surface area contributed by atoms with Crippen LogP contribution in [-0.2, 0) is 11.3 Å². The zero-order valence-corrected chi connectivity index (χ0v) is 20.1. The number of amides is 1. The highest BCUT2D eigenvalue weighted by molar-refractivity contribution is 5.96. The van der Waals surface area contributed by atoms with Gasteiger partial charge in [0, 0.05) is 31.1 Å². The van der Waals surface area contributed by atoms with Gasteiger partial charge in [-0.25, -0.2) is 4.98 Å². The molecule has 1 aromatic heterocycles. The summed E-state index contributed by atoms with van der Waals surface area (Å²) >= 11 is 0. The molecule has 0 radical (unpaired) electrons. The quantitative estimate of drug-likeness (QED) is 0.384. The molecule has 1 aliphatic rings. The van der Waals surface area contributed by atoms with Crippen molar-refractivity contribution in [2.24, 2.45) is 0 Å². The lowest BCUT2D eigenvalue weighted by atomic mass is 9.94. The van der Waals surface area contributed by atoms with Crippen molar-refractivity contribution in [3.05, 3.63) is 93.8 Å². The van der Waals surface area contributed by atoms with Crippen LogP contribution < -0.4 is 4.90 Å². The maximum Gasteiger partial charge on any atom is 0.227 e. The van der Waals surface area contributed by atoms with E-state index in [1.54, 1.807) is 0 Å². The van der Waals surface area contributed by atoms with Crippen molar-refractivity contribution in [1.82, 2.24) is 9.55 Å². The Morgan fingerprint density at radius 3 is 2.27 bits per heavy atom. The van der Waals surface area contributed by atoms with E-state index < -0.39 is 0 Å². The molecule has 1 fully saturated rings. The molecule has 0 spiro atoms. The van der Waals surface area contributed by atoms with E-state index in [-0.39, 0.29) is 11.8 Å². The standard InChI is InChI=1S/C29H31N3O/c1-18-10-12-24(13-11-18)31-16-23(15-28(31)33)29-30-26-8-6-7-9-27(26)32(29)17-25-21(4)19(2)14-20(3)22(25)5/h6-14,23H,15-17H2,1-5H3. The molecule has 1 amide bonds. The number of benzene rings is 3. The lowest BCUT2D eigenvalue weighted by molar-refractivity contribution is -0.117. The van der Waals surface area contributed by atoms with E-state index >= 15 is 0 Å². The molecule has 33 heavy (non-hydrogen) atoms. The maximum atomic E-state index is 13.0. The van der Waals surface area contributed by atoms with Gasteiger partial charge in [-0.15, -0.1) is 0 Å². The predicted octanol–water partition coefficient (Wildman–Crippen LogP) is 6.15. The van der Waals surface area contributed by atoms with Crippen LogP contribution in [0.15, 0.2) is 54.6 Å². The fraction of sp³-hybridized carbons (Fsp3) is 0.310. The second kappa shape index (κ2) is 8.18. The zero-order chi connectivity index (χ0) is 23.3. The highest BCUT2D eigenvalue weighted by Crippen LogP contribution is 2.34. The Morgan fingerprint density at radius 2 is 1.58 bits per heavy atom. The number of rotatable bonds is 4. The van der Waals surface area contributed by atoms with Crippen molar-refractivity contribution in [2.75, 3.05) is 11.4 Å². The van der Waals surface area contributed by atoms with E-state index in [4.69, 9.17) is 4.98 Å². The van der Waals surface area contributed by atoms with Crippen molar-refractivity contribution < 1.29 is 4.79 Å². The predicted molar refractivity (Wildman–Crippen MR) is 135 cm³/mol. The Labute approximate surface area is 195 Å². The lowest BCUT2D eigenvalue weighted by Gasteiger charge is -2.20. The zero-order valence-electron chi connectivity index (χ0n) is 20.1. The summed E-state index contributed by atoms with van der Waals surface area (Å²) in [6.07, 6.45) is 0.488. The normalized spacial score (nSPS) is 16.2. The molecule has 0 bridgehead atoms. The van der Waals surface area contributed by atoms with Crippen molar-refractivity contribution in [3.8, 4) is 0 Å². The van der Waals surface area contributed by atoms with Gasteiger partial charge in [0.15, 0.2) is 0 Å². The van der Waals surface area contributed by atoms with Gasteiger partial charge in [-0.3, -0.25) is 4.79 Å². The first kappa shape index (κ1) is 21.4. The van der Waals surface area contributed by atoms with E-state index in [0.717, 1.165) is 29.1 Å². The molecule has 4 nitrogen and oxygen atoms in total. The van der Waals surface area contributed by atoms with Crippen LogP contribution in [-0.4, -0.2) is 22.0 Å². The topological polar surface area (TPSA) is 38.1 Å². The molecular formula is C29H31N3O. The summed E-state index contributed by atoms with van der Waals surface area (Å²) in [5, 5.41) is 0. The van der Waals surface area contributed by atoms with E-state index in [1.807, 2.05) is 23.1 Å². The molecule has 1 unspecified atom stereocenters. The monoisotopic (exact) mass is 437 g/mol. The minimum Gasteiger partial charge on any atom is -0.323 e. The molecule has 1 saturated heterocycles. The van der Waals surface area contributed by atoms with Crippen molar-refractivity contribution in [3.63, 3.8) is 0 Å². The average Bonchev–Trinajstić information content (AvgIpc) is 3.36. The van der Waals surface area contributed by atoms with Crippen molar-refractivity contribution in [2.45, 2.75) is 53.5 Å². The van der Waals surface area contributed by atoms with E-state index in [9.17, 15) is 4.79 Å². The maximum absolute atomic E-state index is 13.0. The van der Waals surface area contributed by atoms with Gasteiger partial charge in [-0.1, -0.05) is 35.9 Å². The first-order valence-electron chi connectivity index (χ1n) is 11.7. The Bertz CT molecular complexity index is 1340. The number of nitrogens with zero attached hydrogens (tertiary/aromatic N) is 3. The number of aryl methyl sites for hydroxylation is 3. The third kappa shape index (κ3) is 3.74. The van der Waals surface area contributed by atoms with Gasteiger partial charge in [0.25, 0.3) is 0 Å². The SMILES string of the molecule is Cc1ccc(N2CC(c3nc4ccccc4n3Cc3c(C)c(C)cc(C)c3C)CC2=O)cc1. The van der Waals surface area contributed by atoms with Crippen LogP contribution in [0.2, 0.25) is 0 Å². The van der Waals surface area contributed by atoms with Gasteiger partial charge >= 0.3 is 0 Å². The summed E-state index contributed by atoms with van der Waals surface area (Å²) in [5.74, 6) is 1.25. The number of carbonyl (C=O) groups excluding carboxylic acids is 1. The lowest BCUT2D eigenvalue weighted by Crippen LogP contribution is -2.24. The molecule has 1 atom stereocenters. The van der Waals surface area contributed by atoms with Crippen LogP contribution in [0.25, 0.3) is 11.0 Å². The molecule has 0 aliphatic carbocycles. The number of hydrogen-bond donors (Lipinski definition) is 0. The van der Waals surface area contributed by atoms with Crippen LogP contribution in [0.4, 0.5) is 5.69 Å². The van der Waals surface area contributed by atoms with Crippen molar-refractivity contribution >= 4 is 22.6 Å². The summed E-state index contributed by atoms with van der Waals surface area (Å²) in [5.41, 5.74) is 11.0. The van der Waals surface area contributed by atoms with Crippen LogP contribution in [0.3, 0.4) is 0 Å². The first-order valence-corrected chi connectivity index (χ1v) is 11.7. The van der Waals surface area contributed by atoms with Gasteiger partial charge in [0.1, 0.15) is 5.82 Å². The molecule has 5 rings (SSSR count). The number of anilines is 1. The molecule has 4 heteroatoms. The van der Waals surface area contributed by atoms with Crippen LogP contribution >= 0.6 is 0 Å². The third-order valence-electron chi connectivity index (χ3n) is 7.36. The number of carbonyl (C=O) groups is 1. The summed E-state index contributed by atoms with van der Waals surface area (Å²) in [6, 6.07) is 18.8. The summed E-state index contributed by atoms with van der Waals surface area (Å²) in [7, 11) is 0. The van der Waals surface area contributed by atoms with Crippen LogP contribution in [0.1, 0.15) is 51.5 Å². The molecule has 168 valence electrons. The molecule has 2 heterocycles. The molecule has 0 saturated carbocycles. The van der Waals surface area contributed by atoms with Gasteiger partial charge in [0.2, 0.25) is 5.91 Å². The molecule has 3 aromatic carbocycles. The largest absolute Gasteiger partial charge is 0.323 e. The van der Waals surface area contributed by atoms with Crippen molar-refractivity contribution in [1.29, 1.82) is 0 Å². The highest BCUT2D eigenvalue weighted by atomic mass is 16.2. The summed E-state index contributed by atoms with van der Waals surface area (Å²) < 4.78 is 2.35. The molecular weight excluding hydrogens is 406 g/mol. The number of hydrogen-bond acceptors (Lipinski definition) is 2. The van der Waals surface area contributed by atoms with E-state index in [2.05, 4.69) is 75.6 Å². The third-order valence-corrected chi connectivity index (χ3v) is 7.36.